The minimum atomic E-state index is -1.36. The van der Waals surface area contributed by atoms with Crippen molar-refractivity contribution in [3.8, 4) is 16.9 Å². The van der Waals surface area contributed by atoms with Gasteiger partial charge >= 0.3 is 23.9 Å². The van der Waals surface area contributed by atoms with Crippen LogP contribution < -0.4 is 9.64 Å². The normalized spacial score (nSPS) is 22.2. The summed E-state index contributed by atoms with van der Waals surface area (Å²) in [6.07, 6.45) is -2.24. The molecule has 292 valence electrons. The van der Waals surface area contributed by atoms with Crippen LogP contribution in [0, 0.1) is 5.82 Å². The maximum atomic E-state index is 14.0. The first-order valence-electron chi connectivity index (χ1n) is 17.6. The van der Waals surface area contributed by atoms with E-state index in [1.54, 1.807) is 53.7 Å². The van der Waals surface area contributed by atoms with Crippen LogP contribution in [0.5, 0.6) is 5.75 Å². The second kappa shape index (κ2) is 17.8. The van der Waals surface area contributed by atoms with Gasteiger partial charge in [-0.2, -0.15) is 0 Å². The van der Waals surface area contributed by atoms with Gasteiger partial charge in [-0.05, 0) is 64.7 Å². The van der Waals surface area contributed by atoms with Crippen LogP contribution in [0.4, 0.5) is 10.1 Å². The number of hydrogen-bond donors (Lipinski definition) is 0. The third kappa shape index (κ3) is 9.34. The summed E-state index contributed by atoms with van der Waals surface area (Å²) in [5.74, 6) is -2.70. The third-order valence-electron chi connectivity index (χ3n) is 9.10. The number of aromatic nitrogens is 1. The minimum absolute atomic E-state index is 0.129. The van der Waals surface area contributed by atoms with Crippen LogP contribution in [0.3, 0.4) is 0 Å². The van der Waals surface area contributed by atoms with Gasteiger partial charge in [0.25, 0.3) is 0 Å². The highest BCUT2D eigenvalue weighted by Crippen LogP contribution is 2.47. The van der Waals surface area contributed by atoms with Gasteiger partial charge in [-0.15, -0.1) is 11.8 Å². The molecular weight excluding hydrogens is 748 g/mol. The molecule has 13 nitrogen and oxygen atoms in total. The highest BCUT2D eigenvalue weighted by molar-refractivity contribution is 8.00. The zero-order chi connectivity index (χ0) is 39.9. The quantitative estimate of drug-likeness (QED) is 0.0896. The predicted molar refractivity (Wildman–Crippen MR) is 201 cm³/mol. The number of anilines is 1. The molecule has 2 aliphatic heterocycles. The summed E-state index contributed by atoms with van der Waals surface area (Å²) < 4.78 is 47.0. The number of pyridine rings is 1. The molecule has 2 fully saturated rings. The number of methoxy groups -OCH3 is 1. The number of benzene rings is 3. The van der Waals surface area contributed by atoms with E-state index in [1.165, 1.54) is 51.8 Å². The van der Waals surface area contributed by atoms with Gasteiger partial charge in [0.1, 0.15) is 29.0 Å². The summed E-state index contributed by atoms with van der Waals surface area (Å²) in [4.78, 5) is 68.4. The van der Waals surface area contributed by atoms with Crippen molar-refractivity contribution in [2.45, 2.75) is 69.2 Å². The molecule has 3 heterocycles. The average molecular weight is 787 g/mol. The van der Waals surface area contributed by atoms with E-state index < -0.39 is 71.7 Å². The second-order valence-electron chi connectivity index (χ2n) is 13.0. The molecule has 0 saturated carbocycles. The lowest BCUT2D eigenvalue weighted by molar-refractivity contribution is -0.251. The Hall–Kier alpha value is -5.80. The van der Waals surface area contributed by atoms with Gasteiger partial charge in [-0.25, -0.2) is 9.18 Å². The monoisotopic (exact) mass is 786 g/mol. The Labute approximate surface area is 326 Å². The summed E-state index contributed by atoms with van der Waals surface area (Å²) in [6.45, 7) is 3.66. The van der Waals surface area contributed by atoms with E-state index in [0.29, 0.717) is 11.3 Å². The van der Waals surface area contributed by atoms with Crippen molar-refractivity contribution in [1.82, 2.24) is 4.98 Å². The number of hydrogen-bond acceptors (Lipinski definition) is 13. The van der Waals surface area contributed by atoms with Crippen LogP contribution in [-0.2, 0) is 47.7 Å². The van der Waals surface area contributed by atoms with Crippen molar-refractivity contribution in [2.75, 3.05) is 17.8 Å². The highest BCUT2D eigenvalue weighted by atomic mass is 32.2. The summed E-state index contributed by atoms with van der Waals surface area (Å²) in [5.41, 5.74) is 3.82. The molecule has 6 rings (SSSR count). The number of β-lactam (4-membered cyclic amide) rings is 1. The number of rotatable bonds is 13. The molecule has 4 aromatic rings. The number of thioether (sulfide) groups is 1. The van der Waals surface area contributed by atoms with Crippen molar-refractivity contribution in [3.63, 3.8) is 0 Å². The first-order valence-corrected chi connectivity index (χ1v) is 18.7. The first kappa shape index (κ1) is 39.9. The predicted octanol–water partition coefficient (Wildman–Crippen LogP) is 5.91. The van der Waals surface area contributed by atoms with E-state index in [2.05, 4.69) is 4.98 Å². The van der Waals surface area contributed by atoms with E-state index >= 15 is 0 Å². The van der Waals surface area contributed by atoms with Crippen LogP contribution in [0.1, 0.15) is 50.5 Å². The number of amides is 1. The van der Waals surface area contributed by atoms with Gasteiger partial charge in [0.05, 0.1) is 13.2 Å². The molecule has 7 atom stereocenters. The van der Waals surface area contributed by atoms with Gasteiger partial charge in [0.2, 0.25) is 18.3 Å². The molecule has 0 aliphatic carbocycles. The number of esters is 4. The van der Waals surface area contributed by atoms with Crippen LogP contribution in [0.2, 0.25) is 0 Å². The molecule has 2 aliphatic rings. The van der Waals surface area contributed by atoms with Crippen LogP contribution in [0.15, 0.2) is 97.3 Å². The lowest BCUT2D eigenvalue weighted by atomic mass is 9.92. The molecular formula is C41H39FN2O11S. The summed E-state index contributed by atoms with van der Waals surface area (Å²) in [6, 6.07) is 23.3. The average Bonchev–Trinajstić information content (AvgIpc) is 3.18. The third-order valence-corrected chi connectivity index (χ3v) is 10.4. The van der Waals surface area contributed by atoms with Crippen molar-refractivity contribution in [2.24, 2.45) is 0 Å². The van der Waals surface area contributed by atoms with Crippen molar-refractivity contribution >= 4 is 47.2 Å². The molecule has 0 spiro atoms. The van der Waals surface area contributed by atoms with Crippen molar-refractivity contribution in [1.29, 1.82) is 0 Å². The number of nitrogens with zero attached hydrogens (tertiary/aromatic N) is 2. The first-order chi connectivity index (χ1) is 26.9. The van der Waals surface area contributed by atoms with Crippen molar-refractivity contribution < 1.29 is 56.8 Å². The lowest BCUT2D eigenvalue weighted by Crippen LogP contribution is -2.57. The van der Waals surface area contributed by atoms with Crippen LogP contribution >= 0.6 is 11.8 Å². The molecule has 1 aromatic heterocycles. The van der Waals surface area contributed by atoms with Gasteiger partial charge in [0, 0.05) is 51.0 Å². The Morgan fingerprint density at radius 2 is 1.59 bits per heavy atom. The van der Waals surface area contributed by atoms with E-state index in [9.17, 15) is 28.4 Å². The maximum Gasteiger partial charge on any atom is 0.335 e. The SMILES string of the molecule is COC(=O)[C@@H]1C[C@H](OC(C)=O)[C@@H](OC(C)=O)[C@H](Oc2ccc([C@@H]3[C@@H](SC[C@@H](OC(C)=O)c4ccc(F)cc4)C(=O)N3c3ccc(-c4cccnc4)cc3)cc2)O1. The Kier molecular flexibility index (Phi) is 12.7. The van der Waals surface area contributed by atoms with Crippen LogP contribution in [0.25, 0.3) is 11.1 Å². The van der Waals surface area contributed by atoms with E-state index in [-0.39, 0.29) is 23.8 Å². The molecule has 2 saturated heterocycles. The Morgan fingerprint density at radius 1 is 0.893 bits per heavy atom. The molecule has 0 bridgehead atoms. The summed E-state index contributed by atoms with van der Waals surface area (Å²) in [7, 11) is 1.19. The lowest BCUT2D eigenvalue weighted by Gasteiger charge is -2.47. The molecule has 0 unspecified atom stereocenters. The fourth-order valence-electron chi connectivity index (χ4n) is 6.57. The van der Waals surface area contributed by atoms with Gasteiger partial charge in [-0.1, -0.05) is 42.5 Å². The number of halogens is 1. The molecule has 3 aromatic carbocycles. The summed E-state index contributed by atoms with van der Waals surface area (Å²) in [5, 5.41) is -0.599. The van der Waals surface area contributed by atoms with E-state index in [4.69, 9.17) is 28.4 Å². The number of carbonyl (C=O) groups excluding carboxylic acids is 5. The Morgan fingerprint density at radius 3 is 2.20 bits per heavy atom. The molecule has 0 N–H and O–H groups in total. The molecule has 1 amide bonds. The second-order valence-corrected chi connectivity index (χ2v) is 14.2. The smallest absolute Gasteiger partial charge is 0.335 e. The Balaban J connectivity index is 1.27. The zero-order valence-electron chi connectivity index (χ0n) is 30.9. The Bertz CT molecular complexity index is 2030. The van der Waals surface area contributed by atoms with Gasteiger partial charge in [-0.3, -0.25) is 24.2 Å². The molecule has 0 radical (unpaired) electrons. The number of ether oxygens (including phenoxy) is 6. The molecule has 56 heavy (non-hydrogen) atoms. The fraction of sp³-hybridized carbons (Fsp3) is 0.317. The minimum Gasteiger partial charge on any atom is -0.467 e. The van der Waals surface area contributed by atoms with E-state index in [0.717, 1.165) is 16.7 Å². The fourth-order valence-corrected chi connectivity index (χ4v) is 7.93. The maximum absolute atomic E-state index is 14.0. The van der Waals surface area contributed by atoms with Crippen LogP contribution in [-0.4, -0.2) is 77.5 Å². The van der Waals surface area contributed by atoms with E-state index in [1.807, 2.05) is 36.4 Å². The van der Waals surface area contributed by atoms with Gasteiger partial charge < -0.3 is 33.3 Å². The molecule has 15 heteroatoms. The highest BCUT2D eigenvalue weighted by Gasteiger charge is 2.50. The van der Waals surface area contributed by atoms with Gasteiger partial charge in [0.15, 0.2) is 6.10 Å². The zero-order valence-corrected chi connectivity index (χ0v) is 31.7. The number of carbonyl (C=O) groups is 5. The largest absolute Gasteiger partial charge is 0.467 e. The van der Waals surface area contributed by atoms with Crippen molar-refractivity contribution in [3.05, 3.63) is 114 Å². The summed E-state index contributed by atoms with van der Waals surface area (Å²) >= 11 is 1.32. The standard InChI is InChI=1S/C41H39FN2O11S/c1-23(45)51-33-20-34(40(49)50-4)55-41(37(33)53-25(3)47)54-32-17-11-28(12-18-32)36-38(56-22-35(52-24(2)46)27-7-13-30(42)14-8-27)39(48)44(36)31-15-9-26(10-16-31)29-6-5-19-43-21-29/h5-19,21,33-38,41H,20,22H2,1-4H3/t33-,34-,35+,36+,37+,38+,41+/m0/s1. The topological polar surface area (TPSA) is 157 Å².